The summed E-state index contributed by atoms with van der Waals surface area (Å²) < 4.78 is 0. The topological polar surface area (TPSA) is 103 Å². The van der Waals surface area contributed by atoms with Crippen LogP contribution < -0.4 is 4.90 Å². The summed E-state index contributed by atoms with van der Waals surface area (Å²) in [7, 11) is 3.97. The van der Waals surface area contributed by atoms with Gasteiger partial charge in [-0.25, -0.2) is 0 Å². The van der Waals surface area contributed by atoms with E-state index in [0.717, 1.165) is 27.7 Å². The second-order valence-corrected chi connectivity index (χ2v) is 10.7. The van der Waals surface area contributed by atoms with Gasteiger partial charge in [-0.3, -0.25) is 19.7 Å². The number of rotatable bonds is 12. The molecule has 0 saturated carbocycles. The van der Waals surface area contributed by atoms with Gasteiger partial charge in [-0.05, 0) is 73.4 Å². The number of non-ortho nitro benzene ring substituents is 1. The second kappa shape index (κ2) is 13.6. The average molecular weight is 568 g/mol. The molecule has 4 aromatic rings. The molecule has 0 fully saturated rings. The van der Waals surface area contributed by atoms with Gasteiger partial charge in [0.05, 0.1) is 4.92 Å². The fourth-order valence-electron chi connectivity index (χ4n) is 4.74. The van der Waals surface area contributed by atoms with E-state index >= 15 is 0 Å². The van der Waals surface area contributed by atoms with Crippen molar-refractivity contribution in [3.8, 4) is 0 Å². The fraction of sp³-hybridized carbons (Fsp3) is 0.273. The lowest BCUT2D eigenvalue weighted by molar-refractivity contribution is -0.384. The quantitative estimate of drug-likeness (QED) is 0.135. The molecule has 9 nitrogen and oxygen atoms in total. The number of nitro groups is 1. The van der Waals surface area contributed by atoms with Gasteiger partial charge < -0.3 is 19.7 Å². The number of carbonyl (C=O) groups excluding carboxylic acids is 2. The number of fused-ring (bicyclic) bond motifs is 1. The SMILES string of the molecule is CC(C)N(CC(=O)N(CCc1c[nH]c2ccccc12)Cc1ccc(N(C)C)cc1)C(=O)/C=C/c1ccc([N+](=O)[O-])cc1. The highest BCUT2D eigenvalue weighted by Gasteiger charge is 2.23. The van der Waals surface area contributed by atoms with Crippen molar-refractivity contribution in [2.24, 2.45) is 0 Å². The molecular weight excluding hydrogens is 530 g/mol. The number of H-pyrrole nitrogens is 1. The Morgan fingerprint density at radius 1 is 0.976 bits per heavy atom. The predicted molar refractivity (Wildman–Crippen MR) is 167 cm³/mol. The van der Waals surface area contributed by atoms with Crippen molar-refractivity contribution in [3.05, 3.63) is 112 Å². The molecule has 42 heavy (non-hydrogen) atoms. The Morgan fingerprint density at radius 3 is 2.31 bits per heavy atom. The molecule has 1 aromatic heterocycles. The number of hydrogen-bond acceptors (Lipinski definition) is 5. The zero-order valence-electron chi connectivity index (χ0n) is 24.5. The van der Waals surface area contributed by atoms with Gasteiger partial charge in [0.1, 0.15) is 6.54 Å². The molecule has 0 aliphatic carbocycles. The van der Waals surface area contributed by atoms with Crippen molar-refractivity contribution in [2.75, 3.05) is 32.1 Å². The van der Waals surface area contributed by atoms with Crippen molar-refractivity contribution in [1.82, 2.24) is 14.8 Å². The molecule has 4 rings (SSSR count). The molecule has 1 heterocycles. The van der Waals surface area contributed by atoms with Gasteiger partial charge in [0.25, 0.3) is 5.69 Å². The third-order valence-corrected chi connectivity index (χ3v) is 7.24. The standard InChI is InChI=1S/C33H37N5O4/c1-24(2)37(32(39)18-13-25-9-16-29(17-10-25)38(41)42)23-33(40)36(22-26-11-14-28(15-12-26)35(3)4)20-19-27-21-34-31-8-6-5-7-30(27)31/h5-18,21,24,34H,19-20,22-23H2,1-4H3/b18-13+. The molecule has 3 aromatic carbocycles. The first kappa shape index (κ1) is 30.0. The van der Waals surface area contributed by atoms with E-state index in [1.165, 1.54) is 23.1 Å². The third kappa shape index (κ3) is 7.63. The first-order valence-electron chi connectivity index (χ1n) is 13.9. The number of hydrogen-bond donors (Lipinski definition) is 1. The molecule has 1 N–H and O–H groups in total. The summed E-state index contributed by atoms with van der Waals surface area (Å²) in [5.41, 5.74) is 4.91. The molecule has 0 bridgehead atoms. The van der Waals surface area contributed by atoms with Crippen LogP contribution in [0.25, 0.3) is 17.0 Å². The molecule has 0 spiro atoms. The molecule has 9 heteroatoms. The van der Waals surface area contributed by atoms with Gasteiger partial charge in [-0.2, -0.15) is 0 Å². The van der Waals surface area contributed by atoms with E-state index in [1.807, 2.05) is 86.4 Å². The maximum Gasteiger partial charge on any atom is 0.269 e. The summed E-state index contributed by atoms with van der Waals surface area (Å²) in [5.74, 6) is -0.444. The van der Waals surface area contributed by atoms with Crippen molar-refractivity contribution in [2.45, 2.75) is 32.9 Å². The summed E-state index contributed by atoms with van der Waals surface area (Å²) in [5, 5.41) is 12.1. The summed E-state index contributed by atoms with van der Waals surface area (Å²) in [4.78, 5) is 46.1. The van der Waals surface area contributed by atoms with E-state index in [9.17, 15) is 19.7 Å². The minimum Gasteiger partial charge on any atom is -0.378 e. The van der Waals surface area contributed by atoms with Crippen LogP contribution in [0.3, 0.4) is 0 Å². The number of benzene rings is 3. The summed E-state index contributed by atoms with van der Waals surface area (Å²) in [6, 6.07) is 22.0. The summed E-state index contributed by atoms with van der Waals surface area (Å²) in [6.45, 7) is 4.61. The number of nitrogens with zero attached hydrogens (tertiary/aromatic N) is 4. The normalized spacial score (nSPS) is 11.3. The number of aromatic nitrogens is 1. The Hall–Kier alpha value is -4.92. The van der Waals surface area contributed by atoms with Crippen molar-refractivity contribution < 1.29 is 14.5 Å². The molecular formula is C33H37N5O4. The van der Waals surface area contributed by atoms with Crippen LogP contribution in [0.15, 0.2) is 85.1 Å². The monoisotopic (exact) mass is 567 g/mol. The van der Waals surface area contributed by atoms with E-state index in [0.29, 0.717) is 25.1 Å². The Kier molecular flexibility index (Phi) is 9.75. The molecule has 0 radical (unpaired) electrons. The second-order valence-electron chi connectivity index (χ2n) is 10.7. The Bertz CT molecular complexity index is 1560. The zero-order valence-corrected chi connectivity index (χ0v) is 24.5. The maximum atomic E-state index is 13.8. The largest absolute Gasteiger partial charge is 0.378 e. The number of nitro benzene ring substituents is 1. The molecule has 0 aliphatic rings. The van der Waals surface area contributed by atoms with E-state index in [2.05, 4.69) is 11.1 Å². The predicted octanol–water partition coefficient (Wildman–Crippen LogP) is 5.66. The van der Waals surface area contributed by atoms with E-state index in [-0.39, 0.29) is 30.1 Å². The maximum absolute atomic E-state index is 13.8. The lowest BCUT2D eigenvalue weighted by Crippen LogP contribution is -2.45. The van der Waals surface area contributed by atoms with Gasteiger partial charge in [-0.15, -0.1) is 0 Å². The average Bonchev–Trinajstić information content (AvgIpc) is 3.40. The Morgan fingerprint density at radius 2 is 1.67 bits per heavy atom. The highest BCUT2D eigenvalue weighted by Crippen LogP contribution is 2.20. The minimum atomic E-state index is -0.467. The van der Waals surface area contributed by atoms with Crippen LogP contribution in [-0.2, 0) is 22.6 Å². The minimum absolute atomic E-state index is 0.0167. The van der Waals surface area contributed by atoms with Crippen LogP contribution in [-0.4, -0.2) is 64.7 Å². The molecule has 0 saturated heterocycles. The number of amides is 2. The van der Waals surface area contributed by atoms with Gasteiger partial charge in [-0.1, -0.05) is 30.3 Å². The third-order valence-electron chi connectivity index (χ3n) is 7.24. The molecule has 0 aliphatic heterocycles. The number of carbonyl (C=O) groups is 2. The first-order chi connectivity index (χ1) is 20.1. The Labute approximate surface area is 246 Å². The van der Waals surface area contributed by atoms with Crippen LogP contribution in [0.1, 0.15) is 30.5 Å². The van der Waals surface area contributed by atoms with Crippen LogP contribution in [0.4, 0.5) is 11.4 Å². The first-order valence-corrected chi connectivity index (χ1v) is 13.9. The molecule has 2 amide bonds. The summed E-state index contributed by atoms with van der Waals surface area (Å²) >= 11 is 0. The Balaban J connectivity index is 1.50. The van der Waals surface area contributed by atoms with Crippen LogP contribution in [0.5, 0.6) is 0 Å². The van der Waals surface area contributed by atoms with Crippen molar-refractivity contribution >= 4 is 40.2 Å². The van der Waals surface area contributed by atoms with Crippen molar-refractivity contribution in [1.29, 1.82) is 0 Å². The smallest absolute Gasteiger partial charge is 0.269 e. The number of aromatic amines is 1. The van der Waals surface area contributed by atoms with Gasteiger partial charge >= 0.3 is 0 Å². The van der Waals surface area contributed by atoms with Crippen LogP contribution in [0, 0.1) is 10.1 Å². The van der Waals surface area contributed by atoms with Crippen molar-refractivity contribution in [3.63, 3.8) is 0 Å². The molecule has 0 unspecified atom stereocenters. The highest BCUT2D eigenvalue weighted by atomic mass is 16.6. The fourth-order valence-corrected chi connectivity index (χ4v) is 4.74. The van der Waals surface area contributed by atoms with Crippen LogP contribution >= 0.6 is 0 Å². The highest BCUT2D eigenvalue weighted by molar-refractivity contribution is 5.94. The van der Waals surface area contributed by atoms with Gasteiger partial charge in [0.15, 0.2) is 0 Å². The molecule has 218 valence electrons. The molecule has 0 atom stereocenters. The number of nitrogens with one attached hydrogen (secondary N) is 1. The van der Waals surface area contributed by atoms with E-state index < -0.39 is 4.92 Å². The zero-order chi connectivity index (χ0) is 30.2. The number of anilines is 1. The van der Waals surface area contributed by atoms with E-state index in [1.54, 1.807) is 18.2 Å². The lowest BCUT2D eigenvalue weighted by Gasteiger charge is -2.29. The van der Waals surface area contributed by atoms with Gasteiger partial charge in [0, 0.05) is 74.2 Å². The van der Waals surface area contributed by atoms with E-state index in [4.69, 9.17) is 0 Å². The van der Waals surface area contributed by atoms with Crippen LogP contribution in [0.2, 0.25) is 0 Å². The van der Waals surface area contributed by atoms with Gasteiger partial charge in [0.2, 0.25) is 11.8 Å². The summed E-state index contributed by atoms with van der Waals surface area (Å²) in [6.07, 6.45) is 5.67. The number of para-hydroxylation sites is 1. The lowest BCUT2D eigenvalue weighted by atomic mass is 10.1.